The van der Waals surface area contributed by atoms with Crippen molar-refractivity contribution in [3.63, 3.8) is 0 Å². The van der Waals surface area contributed by atoms with E-state index in [2.05, 4.69) is 15.2 Å². The number of methoxy groups -OCH3 is 2. The molecule has 0 bridgehead atoms. The lowest BCUT2D eigenvalue weighted by Gasteiger charge is -2.31. The standard InChI is InChI=1S/C24H24N4O4S/c1-30-17-5-3-4-15(12-17)20-14-21(27-26-20)23(29)28-10-8-16(9-11-28)32-24-25-19-7-6-18(31-2)13-22(19)33-24/h3-7,12-14,16H,8-11H2,1-2H3,(H,26,27). The minimum Gasteiger partial charge on any atom is -0.497 e. The summed E-state index contributed by atoms with van der Waals surface area (Å²) in [5.74, 6) is 1.50. The Labute approximate surface area is 195 Å². The Morgan fingerprint density at radius 1 is 1.06 bits per heavy atom. The molecule has 1 aliphatic heterocycles. The Kier molecular flexibility index (Phi) is 5.87. The predicted molar refractivity (Wildman–Crippen MR) is 126 cm³/mol. The van der Waals surface area contributed by atoms with E-state index in [-0.39, 0.29) is 12.0 Å². The third kappa shape index (κ3) is 4.49. The van der Waals surface area contributed by atoms with Crippen molar-refractivity contribution in [2.75, 3.05) is 27.3 Å². The molecule has 1 fully saturated rings. The predicted octanol–water partition coefficient (Wildman–Crippen LogP) is 4.39. The van der Waals surface area contributed by atoms with Crippen LogP contribution in [0.1, 0.15) is 23.3 Å². The summed E-state index contributed by atoms with van der Waals surface area (Å²) in [7, 11) is 3.28. The Bertz CT molecular complexity index is 1280. The number of nitrogens with one attached hydrogen (secondary N) is 1. The third-order valence-electron chi connectivity index (χ3n) is 5.75. The topological polar surface area (TPSA) is 89.6 Å². The summed E-state index contributed by atoms with van der Waals surface area (Å²) in [4.78, 5) is 19.4. The van der Waals surface area contributed by atoms with Crippen LogP contribution in [0.3, 0.4) is 0 Å². The summed E-state index contributed by atoms with van der Waals surface area (Å²) in [5.41, 5.74) is 2.98. The van der Waals surface area contributed by atoms with Crippen LogP contribution >= 0.6 is 11.3 Å². The lowest BCUT2D eigenvalue weighted by atomic mass is 10.1. The quantitative estimate of drug-likeness (QED) is 0.455. The first kappa shape index (κ1) is 21.3. The number of H-pyrrole nitrogens is 1. The molecule has 170 valence electrons. The Balaban J connectivity index is 1.20. The summed E-state index contributed by atoms with van der Waals surface area (Å²) in [5, 5.41) is 7.85. The minimum atomic E-state index is -0.0535. The number of hydrogen-bond donors (Lipinski definition) is 1. The molecule has 33 heavy (non-hydrogen) atoms. The van der Waals surface area contributed by atoms with Crippen LogP contribution < -0.4 is 14.2 Å². The minimum absolute atomic E-state index is 0.0330. The van der Waals surface area contributed by atoms with Gasteiger partial charge >= 0.3 is 0 Å². The molecular weight excluding hydrogens is 440 g/mol. The number of benzene rings is 2. The van der Waals surface area contributed by atoms with Gasteiger partial charge in [-0.05, 0) is 36.4 Å². The van der Waals surface area contributed by atoms with Gasteiger partial charge in [-0.2, -0.15) is 5.10 Å². The summed E-state index contributed by atoms with van der Waals surface area (Å²) in [6.07, 6.45) is 1.54. The van der Waals surface area contributed by atoms with E-state index in [1.807, 2.05) is 47.4 Å². The molecule has 2 aromatic carbocycles. The number of nitrogens with zero attached hydrogens (tertiary/aromatic N) is 3. The zero-order valence-electron chi connectivity index (χ0n) is 18.4. The summed E-state index contributed by atoms with van der Waals surface area (Å²) >= 11 is 1.51. The van der Waals surface area contributed by atoms with Crippen molar-refractivity contribution in [1.82, 2.24) is 20.1 Å². The molecule has 2 aromatic heterocycles. The number of thiazole rings is 1. The van der Waals surface area contributed by atoms with E-state index in [0.717, 1.165) is 40.1 Å². The molecule has 1 saturated heterocycles. The summed E-state index contributed by atoms with van der Waals surface area (Å²) in [6, 6.07) is 15.2. The number of aromatic amines is 1. The maximum Gasteiger partial charge on any atom is 0.274 e. The molecule has 0 spiro atoms. The molecule has 8 nitrogen and oxygen atoms in total. The highest BCUT2D eigenvalue weighted by Crippen LogP contribution is 2.32. The highest BCUT2D eigenvalue weighted by Gasteiger charge is 2.26. The van der Waals surface area contributed by atoms with Crippen molar-refractivity contribution in [3.8, 4) is 28.0 Å². The van der Waals surface area contributed by atoms with Gasteiger partial charge in [0, 0.05) is 31.5 Å². The van der Waals surface area contributed by atoms with E-state index < -0.39 is 0 Å². The second kappa shape index (κ2) is 9.11. The zero-order chi connectivity index (χ0) is 22.8. The van der Waals surface area contributed by atoms with Crippen LogP contribution in [0.2, 0.25) is 0 Å². The van der Waals surface area contributed by atoms with Crippen LogP contribution in [0, 0.1) is 0 Å². The number of amides is 1. The number of hydrogen-bond acceptors (Lipinski definition) is 7. The van der Waals surface area contributed by atoms with E-state index >= 15 is 0 Å². The highest BCUT2D eigenvalue weighted by atomic mass is 32.1. The molecule has 5 rings (SSSR count). The first-order valence-electron chi connectivity index (χ1n) is 10.7. The smallest absolute Gasteiger partial charge is 0.274 e. The molecule has 0 radical (unpaired) electrons. The van der Waals surface area contributed by atoms with Gasteiger partial charge in [-0.15, -0.1) is 0 Å². The number of piperidine rings is 1. The fraction of sp³-hybridized carbons (Fsp3) is 0.292. The average Bonchev–Trinajstić information content (AvgIpc) is 3.50. The van der Waals surface area contributed by atoms with E-state index in [1.165, 1.54) is 11.3 Å². The van der Waals surface area contributed by atoms with E-state index in [4.69, 9.17) is 14.2 Å². The fourth-order valence-corrected chi connectivity index (χ4v) is 4.82. The van der Waals surface area contributed by atoms with Crippen molar-refractivity contribution in [2.45, 2.75) is 18.9 Å². The van der Waals surface area contributed by atoms with Gasteiger partial charge in [-0.1, -0.05) is 23.5 Å². The molecule has 9 heteroatoms. The molecule has 1 aliphatic rings. The molecule has 1 amide bonds. The number of fused-ring (bicyclic) bond motifs is 1. The van der Waals surface area contributed by atoms with E-state index in [0.29, 0.717) is 29.7 Å². The monoisotopic (exact) mass is 464 g/mol. The van der Waals surface area contributed by atoms with Crippen LogP contribution in [0.25, 0.3) is 21.5 Å². The van der Waals surface area contributed by atoms with Crippen molar-refractivity contribution in [3.05, 3.63) is 54.2 Å². The van der Waals surface area contributed by atoms with Crippen LogP contribution in [-0.2, 0) is 0 Å². The summed E-state index contributed by atoms with van der Waals surface area (Å²) < 4.78 is 17.7. The average molecular weight is 465 g/mol. The summed E-state index contributed by atoms with van der Waals surface area (Å²) in [6.45, 7) is 1.24. The molecule has 1 N–H and O–H groups in total. The lowest BCUT2D eigenvalue weighted by Crippen LogP contribution is -2.41. The Morgan fingerprint density at radius 2 is 1.85 bits per heavy atom. The van der Waals surface area contributed by atoms with Crippen molar-refractivity contribution < 1.29 is 19.0 Å². The first-order chi connectivity index (χ1) is 16.1. The zero-order valence-corrected chi connectivity index (χ0v) is 19.2. The molecule has 0 unspecified atom stereocenters. The highest BCUT2D eigenvalue weighted by molar-refractivity contribution is 7.20. The van der Waals surface area contributed by atoms with Gasteiger partial charge in [0.15, 0.2) is 0 Å². The van der Waals surface area contributed by atoms with Crippen LogP contribution in [0.4, 0.5) is 0 Å². The SMILES string of the molecule is COc1cccc(-c2cc(C(=O)N3CCC(Oc4nc5ccc(OC)cc5s4)CC3)[nH]n2)c1. The number of carbonyl (C=O) groups is 1. The molecular formula is C24H24N4O4S. The number of ether oxygens (including phenoxy) is 3. The van der Waals surface area contributed by atoms with Gasteiger partial charge in [0.25, 0.3) is 11.1 Å². The number of rotatable bonds is 6. The number of carbonyl (C=O) groups excluding carboxylic acids is 1. The number of likely N-dealkylation sites (tertiary alicyclic amines) is 1. The molecule has 4 aromatic rings. The Hall–Kier alpha value is -3.59. The van der Waals surface area contributed by atoms with Crippen LogP contribution in [-0.4, -0.2) is 59.4 Å². The number of aromatic nitrogens is 3. The molecule has 0 atom stereocenters. The van der Waals surface area contributed by atoms with Crippen molar-refractivity contribution in [2.24, 2.45) is 0 Å². The normalized spacial score (nSPS) is 14.4. The van der Waals surface area contributed by atoms with Gasteiger partial charge in [-0.25, -0.2) is 4.98 Å². The van der Waals surface area contributed by atoms with E-state index in [1.54, 1.807) is 20.3 Å². The first-order valence-corrected chi connectivity index (χ1v) is 11.5. The lowest BCUT2D eigenvalue weighted by molar-refractivity contribution is 0.0590. The molecule has 0 aliphatic carbocycles. The molecule has 0 saturated carbocycles. The second-order valence-corrected chi connectivity index (χ2v) is 8.81. The maximum atomic E-state index is 13.0. The van der Waals surface area contributed by atoms with Crippen LogP contribution in [0.15, 0.2) is 48.5 Å². The largest absolute Gasteiger partial charge is 0.497 e. The molecule has 3 heterocycles. The second-order valence-electron chi connectivity index (χ2n) is 7.82. The van der Waals surface area contributed by atoms with Gasteiger partial charge in [-0.3, -0.25) is 9.89 Å². The van der Waals surface area contributed by atoms with Gasteiger partial charge < -0.3 is 19.1 Å². The third-order valence-corrected chi connectivity index (χ3v) is 6.66. The Morgan fingerprint density at radius 3 is 2.64 bits per heavy atom. The van der Waals surface area contributed by atoms with Gasteiger partial charge in [0.05, 0.1) is 30.1 Å². The van der Waals surface area contributed by atoms with E-state index in [9.17, 15) is 4.79 Å². The van der Waals surface area contributed by atoms with Crippen molar-refractivity contribution in [1.29, 1.82) is 0 Å². The maximum absolute atomic E-state index is 13.0. The fourth-order valence-electron chi connectivity index (χ4n) is 3.91. The van der Waals surface area contributed by atoms with Gasteiger partial charge in [0.1, 0.15) is 23.3 Å². The van der Waals surface area contributed by atoms with Gasteiger partial charge in [0.2, 0.25) is 0 Å². The van der Waals surface area contributed by atoms with Crippen molar-refractivity contribution >= 4 is 27.5 Å². The van der Waals surface area contributed by atoms with Crippen LogP contribution in [0.5, 0.6) is 16.7 Å².